The number of benzene rings is 1. The van der Waals surface area contributed by atoms with Gasteiger partial charge in [-0.15, -0.1) is 0 Å². The first-order chi connectivity index (χ1) is 13.3. The average Bonchev–Trinajstić information content (AvgIpc) is 3.01. The minimum absolute atomic E-state index is 0.0313. The van der Waals surface area contributed by atoms with Crippen LogP contribution in [-0.4, -0.2) is 56.8 Å². The minimum atomic E-state index is -3.09. The van der Waals surface area contributed by atoms with Gasteiger partial charge in [-0.05, 0) is 37.1 Å². The minimum Gasteiger partial charge on any atom is -0.494 e. The van der Waals surface area contributed by atoms with E-state index in [1.54, 1.807) is 24.3 Å². The number of amides is 1. The van der Waals surface area contributed by atoms with Gasteiger partial charge in [-0.3, -0.25) is 14.4 Å². The molecule has 28 heavy (non-hydrogen) atoms. The zero-order valence-electron chi connectivity index (χ0n) is 15.8. The molecular formula is C19H25NO7S. The maximum Gasteiger partial charge on any atom is 0.306 e. The van der Waals surface area contributed by atoms with Gasteiger partial charge in [0.2, 0.25) is 0 Å². The van der Waals surface area contributed by atoms with Gasteiger partial charge in [-0.1, -0.05) is 6.92 Å². The number of carbonyl (C=O) groups excluding carboxylic acids is 3. The van der Waals surface area contributed by atoms with Crippen LogP contribution in [0.25, 0.3) is 0 Å². The van der Waals surface area contributed by atoms with Crippen LogP contribution in [0.4, 0.5) is 0 Å². The second-order valence-electron chi connectivity index (χ2n) is 6.62. The smallest absolute Gasteiger partial charge is 0.306 e. The first-order valence-corrected chi connectivity index (χ1v) is 11.0. The van der Waals surface area contributed by atoms with Crippen molar-refractivity contribution >= 4 is 27.5 Å². The van der Waals surface area contributed by atoms with Crippen LogP contribution < -0.4 is 10.1 Å². The van der Waals surface area contributed by atoms with Crippen LogP contribution in [0.3, 0.4) is 0 Å². The number of Topliss-reactive ketones (excluding diaryl/α,β-unsaturated/α-hetero) is 1. The van der Waals surface area contributed by atoms with Crippen LogP contribution in [0.2, 0.25) is 0 Å². The summed E-state index contributed by atoms with van der Waals surface area (Å²) in [5, 5.41) is 2.53. The lowest BCUT2D eigenvalue weighted by molar-refractivity contribution is -0.148. The van der Waals surface area contributed by atoms with E-state index in [0.29, 0.717) is 24.3 Å². The molecule has 0 radical (unpaired) electrons. The lowest BCUT2D eigenvalue weighted by Gasteiger charge is -2.11. The van der Waals surface area contributed by atoms with Crippen LogP contribution in [0.1, 0.15) is 43.0 Å². The maximum atomic E-state index is 12.1. The largest absolute Gasteiger partial charge is 0.494 e. The van der Waals surface area contributed by atoms with Crippen molar-refractivity contribution in [1.82, 2.24) is 5.32 Å². The molecule has 1 aromatic rings. The molecule has 0 aliphatic carbocycles. The Hall–Kier alpha value is -2.42. The van der Waals surface area contributed by atoms with Gasteiger partial charge >= 0.3 is 5.97 Å². The lowest BCUT2D eigenvalue weighted by atomic mass is 10.1. The first kappa shape index (κ1) is 21.9. The van der Waals surface area contributed by atoms with Gasteiger partial charge in [0, 0.05) is 18.0 Å². The number of carbonyl (C=O) groups is 3. The average molecular weight is 411 g/mol. The molecule has 1 aromatic carbocycles. The number of sulfone groups is 1. The predicted octanol–water partition coefficient (Wildman–Crippen LogP) is 1.28. The molecule has 9 heteroatoms. The highest BCUT2D eigenvalue weighted by Crippen LogP contribution is 2.14. The van der Waals surface area contributed by atoms with Crippen LogP contribution >= 0.6 is 0 Å². The van der Waals surface area contributed by atoms with Crippen molar-refractivity contribution in [3.8, 4) is 5.75 Å². The van der Waals surface area contributed by atoms with E-state index in [1.165, 1.54) is 0 Å². The molecule has 1 unspecified atom stereocenters. The Morgan fingerprint density at radius 1 is 1.14 bits per heavy atom. The Kier molecular flexibility index (Phi) is 7.98. The van der Waals surface area contributed by atoms with Gasteiger partial charge in [0.15, 0.2) is 22.2 Å². The van der Waals surface area contributed by atoms with Gasteiger partial charge in [-0.25, -0.2) is 8.42 Å². The second kappa shape index (κ2) is 10.2. The third-order valence-corrected chi connectivity index (χ3v) is 5.94. The molecule has 1 heterocycles. The highest BCUT2D eigenvalue weighted by molar-refractivity contribution is 7.91. The maximum absolute atomic E-state index is 12.1. The van der Waals surface area contributed by atoms with Crippen molar-refractivity contribution in [3.63, 3.8) is 0 Å². The summed E-state index contributed by atoms with van der Waals surface area (Å²) in [7, 11) is -3.09. The second-order valence-corrected chi connectivity index (χ2v) is 8.85. The summed E-state index contributed by atoms with van der Waals surface area (Å²) in [5.74, 6) is -0.789. The van der Waals surface area contributed by atoms with Crippen molar-refractivity contribution in [1.29, 1.82) is 0 Å². The molecular weight excluding hydrogens is 386 g/mol. The standard InChI is InChI=1S/C19H25NO7S/c1-2-10-26-16-5-3-14(4-6-16)17(21)7-8-19(23)27-12-18(22)20-15-9-11-28(24,25)13-15/h3-6,15H,2,7-13H2,1H3,(H,20,22). The fourth-order valence-electron chi connectivity index (χ4n) is 2.71. The highest BCUT2D eigenvalue weighted by Gasteiger charge is 2.29. The summed E-state index contributed by atoms with van der Waals surface area (Å²) >= 11 is 0. The number of hydrogen-bond acceptors (Lipinski definition) is 7. The molecule has 1 aliphatic rings. The molecule has 2 rings (SSSR count). The molecule has 1 amide bonds. The van der Waals surface area contributed by atoms with Crippen LogP contribution in [0.15, 0.2) is 24.3 Å². The monoisotopic (exact) mass is 411 g/mol. The zero-order valence-corrected chi connectivity index (χ0v) is 16.6. The lowest BCUT2D eigenvalue weighted by Crippen LogP contribution is -2.38. The van der Waals surface area contributed by atoms with Crippen molar-refractivity contribution in [2.75, 3.05) is 24.7 Å². The molecule has 0 bridgehead atoms. The van der Waals surface area contributed by atoms with Gasteiger partial charge in [0.25, 0.3) is 5.91 Å². The summed E-state index contributed by atoms with van der Waals surface area (Å²) in [4.78, 5) is 35.6. The number of ether oxygens (including phenoxy) is 2. The van der Waals surface area contributed by atoms with Crippen molar-refractivity contribution in [2.24, 2.45) is 0 Å². The Balaban J connectivity index is 1.67. The number of nitrogens with one attached hydrogen (secondary N) is 1. The zero-order chi connectivity index (χ0) is 20.6. The van der Waals surface area contributed by atoms with Gasteiger partial charge < -0.3 is 14.8 Å². The van der Waals surface area contributed by atoms with E-state index in [0.717, 1.165) is 6.42 Å². The van der Waals surface area contributed by atoms with E-state index in [1.807, 2.05) is 6.92 Å². The third kappa shape index (κ3) is 7.30. The van der Waals surface area contributed by atoms with E-state index >= 15 is 0 Å². The van der Waals surface area contributed by atoms with Crippen molar-refractivity contribution in [3.05, 3.63) is 29.8 Å². The molecule has 0 aromatic heterocycles. The number of rotatable bonds is 10. The van der Waals surface area contributed by atoms with Crippen molar-refractivity contribution in [2.45, 2.75) is 38.6 Å². The normalized spacial score (nSPS) is 17.7. The van der Waals surface area contributed by atoms with Crippen molar-refractivity contribution < 1.29 is 32.3 Å². The Morgan fingerprint density at radius 3 is 2.46 bits per heavy atom. The molecule has 0 spiro atoms. The molecule has 8 nitrogen and oxygen atoms in total. The Bertz CT molecular complexity index is 802. The summed E-state index contributed by atoms with van der Waals surface area (Å²) < 4.78 is 33.0. The molecule has 1 N–H and O–H groups in total. The number of esters is 1. The van der Waals surface area contributed by atoms with E-state index < -0.39 is 34.4 Å². The van der Waals surface area contributed by atoms with E-state index in [-0.39, 0.29) is 30.1 Å². The van der Waals surface area contributed by atoms with Crippen LogP contribution in [0, 0.1) is 0 Å². The highest BCUT2D eigenvalue weighted by atomic mass is 32.2. The van der Waals surface area contributed by atoms with Gasteiger partial charge in [0.05, 0.1) is 24.5 Å². The summed E-state index contributed by atoms with van der Waals surface area (Å²) in [6.45, 7) is 2.11. The topological polar surface area (TPSA) is 116 Å². The summed E-state index contributed by atoms with van der Waals surface area (Å²) in [6.07, 6.45) is 1.08. The molecule has 1 fully saturated rings. The van der Waals surface area contributed by atoms with Crippen LogP contribution in [0.5, 0.6) is 5.75 Å². The Labute approximate surface area is 164 Å². The fourth-order valence-corrected chi connectivity index (χ4v) is 4.39. The number of ketones is 1. The van der Waals surface area contributed by atoms with E-state index in [4.69, 9.17) is 9.47 Å². The molecule has 1 atom stereocenters. The summed E-state index contributed by atoms with van der Waals surface area (Å²) in [5.41, 5.74) is 0.469. The summed E-state index contributed by atoms with van der Waals surface area (Å²) in [6, 6.07) is 6.25. The molecule has 154 valence electrons. The van der Waals surface area contributed by atoms with Gasteiger partial charge in [-0.2, -0.15) is 0 Å². The third-order valence-electron chi connectivity index (χ3n) is 4.17. The predicted molar refractivity (Wildman–Crippen MR) is 102 cm³/mol. The Morgan fingerprint density at radius 2 is 1.86 bits per heavy atom. The SMILES string of the molecule is CCCOc1ccc(C(=O)CCC(=O)OCC(=O)NC2CCS(=O)(=O)C2)cc1. The quantitative estimate of drug-likeness (QED) is 0.455. The first-order valence-electron chi connectivity index (χ1n) is 9.20. The van der Waals surface area contributed by atoms with Gasteiger partial charge in [0.1, 0.15) is 5.75 Å². The number of hydrogen-bond donors (Lipinski definition) is 1. The molecule has 1 aliphatic heterocycles. The van der Waals surface area contributed by atoms with E-state index in [9.17, 15) is 22.8 Å². The van der Waals surface area contributed by atoms with Crippen LogP contribution in [-0.2, 0) is 24.2 Å². The van der Waals surface area contributed by atoms with E-state index in [2.05, 4.69) is 5.32 Å². The molecule has 0 saturated carbocycles. The molecule has 1 saturated heterocycles. The fraction of sp³-hybridized carbons (Fsp3) is 0.526.